The van der Waals surface area contributed by atoms with Gasteiger partial charge in [-0.1, -0.05) is 36.9 Å². The molecule has 4 aliphatic rings. The summed E-state index contributed by atoms with van der Waals surface area (Å²) in [6.07, 6.45) is -1.62. The number of alkyl halides is 6. The molecule has 2 heterocycles. The number of halogens is 6. The Kier molecular flexibility index (Phi) is 6.78. The van der Waals surface area contributed by atoms with Crippen LogP contribution < -0.4 is 9.47 Å². The predicted molar refractivity (Wildman–Crippen MR) is 138 cm³/mol. The van der Waals surface area contributed by atoms with E-state index in [1.54, 1.807) is 6.08 Å². The standard InChI is InChI=1S/C31H18F6O7/c1-14-18-5-2-7-22(25(18)28(39)41-14)42-20-9-4-10-21(43-23-8-3-6-19-26(23)29(40)44-27(19)38)24(20)15-11-16(30(32,33)34)13-17(12-15)31(35,36)37/h2-13,18-19,25-26H,1H2. The molecule has 6 rings (SSSR count). The minimum Gasteiger partial charge on any atom is -0.460 e. The summed E-state index contributed by atoms with van der Waals surface area (Å²) >= 11 is 0. The third-order valence-corrected chi connectivity index (χ3v) is 7.39. The monoisotopic (exact) mass is 616 g/mol. The molecule has 2 aliphatic carbocycles. The van der Waals surface area contributed by atoms with Gasteiger partial charge in [0.2, 0.25) is 0 Å². The van der Waals surface area contributed by atoms with Gasteiger partial charge < -0.3 is 18.9 Å². The van der Waals surface area contributed by atoms with Gasteiger partial charge in [0.15, 0.2) is 0 Å². The first-order valence-electron chi connectivity index (χ1n) is 12.9. The number of ether oxygens (including phenoxy) is 4. The molecule has 0 radical (unpaired) electrons. The van der Waals surface area contributed by atoms with Gasteiger partial charge >= 0.3 is 30.3 Å². The van der Waals surface area contributed by atoms with Crippen molar-refractivity contribution in [3.8, 4) is 22.6 Å². The van der Waals surface area contributed by atoms with Crippen LogP contribution in [0.5, 0.6) is 11.5 Å². The van der Waals surface area contributed by atoms with E-state index in [1.165, 1.54) is 48.6 Å². The molecular formula is C31H18F6O7. The van der Waals surface area contributed by atoms with Crippen molar-refractivity contribution in [2.45, 2.75) is 12.4 Å². The van der Waals surface area contributed by atoms with Crippen LogP contribution in [0.1, 0.15) is 11.1 Å². The highest BCUT2D eigenvalue weighted by Gasteiger charge is 2.48. The summed E-state index contributed by atoms with van der Waals surface area (Å²) < 4.78 is 105. The van der Waals surface area contributed by atoms with E-state index in [9.17, 15) is 40.7 Å². The first kappa shape index (κ1) is 29.0. The number of hydrogen-bond donors (Lipinski definition) is 0. The van der Waals surface area contributed by atoms with E-state index in [0.717, 1.165) is 0 Å². The van der Waals surface area contributed by atoms with Gasteiger partial charge in [0.05, 0.1) is 28.5 Å². The first-order chi connectivity index (χ1) is 20.7. The van der Waals surface area contributed by atoms with Gasteiger partial charge in [-0.3, -0.25) is 14.4 Å². The van der Waals surface area contributed by atoms with Crippen LogP contribution >= 0.6 is 0 Å². The van der Waals surface area contributed by atoms with Gasteiger partial charge in [-0.15, -0.1) is 0 Å². The summed E-state index contributed by atoms with van der Waals surface area (Å²) in [7, 11) is 0. The van der Waals surface area contributed by atoms with Crippen molar-refractivity contribution in [1.82, 2.24) is 0 Å². The second-order valence-electron chi connectivity index (χ2n) is 10.2. The topological polar surface area (TPSA) is 88.1 Å². The van der Waals surface area contributed by atoms with Crippen molar-refractivity contribution in [3.63, 3.8) is 0 Å². The van der Waals surface area contributed by atoms with E-state index < -0.39 is 70.6 Å². The van der Waals surface area contributed by atoms with E-state index in [1.807, 2.05) is 0 Å². The van der Waals surface area contributed by atoms with Crippen LogP contribution in [-0.4, -0.2) is 17.9 Å². The molecule has 13 heteroatoms. The number of benzene rings is 2. The van der Waals surface area contributed by atoms with Gasteiger partial charge in [-0.2, -0.15) is 26.3 Å². The maximum Gasteiger partial charge on any atom is 0.416 e. The Bertz CT molecular complexity index is 1630. The van der Waals surface area contributed by atoms with Gasteiger partial charge in [-0.25, -0.2) is 0 Å². The molecule has 44 heavy (non-hydrogen) atoms. The Morgan fingerprint density at radius 2 is 1.18 bits per heavy atom. The van der Waals surface area contributed by atoms with Crippen LogP contribution in [0.15, 0.2) is 96.7 Å². The fourth-order valence-electron chi connectivity index (χ4n) is 5.36. The zero-order chi connectivity index (χ0) is 31.6. The van der Waals surface area contributed by atoms with Crippen molar-refractivity contribution in [1.29, 1.82) is 0 Å². The fraction of sp³-hybridized carbons (Fsp3) is 0.194. The van der Waals surface area contributed by atoms with E-state index >= 15 is 0 Å². The predicted octanol–water partition coefficient (Wildman–Crippen LogP) is 6.67. The molecule has 4 unspecified atom stereocenters. The normalized spacial score (nSPS) is 24.3. The summed E-state index contributed by atoms with van der Waals surface area (Å²) in [4.78, 5) is 37.1. The minimum absolute atomic E-state index is 0.00702. The molecule has 2 aromatic carbocycles. The molecule has 2 fully saturated rings. The molecule has 4 atom stereocenters. The second-order valence-corrected chi connectivity index (χ2v) is 10.2. The third-order valence-electron chi connectivity index (χ3n) is 7.39. The maximum atomic E-state index is 13.8. The molecule has 2 saturated heterocycles. The highest BCUT2D eigenvalue weighted by Crippen LogP contribution is 2.48. The number of carbonyl (C=O) groups excluding carboxylic acids is 3. The molecule has 2 aromatic rings. The molecule has 2 aliphatic heterocycles. The lowest BCUT2D eigenvalue weighted by Gasteiger charge is -2.24. The maximum absolute atomic E-state index is 13.8. The van der Waals surface area contributed by atoms with Crippen molar-refractivity contribution in [2.75, 3.05) is 0 Å². The zero-order valence-corrected chi connectivity index (χ0v) is 22.1. The van der Waals surface area contributed by atoms with Gasteiger partial charge in [0.1, 0.15) is 40.6 Å². The summed E-state index contributed by atoms with van der Waals surface area (Å²) in [6.45, 7) is 3.69. The van der Waals surface area contributed by atoms with Crippen LogP contribution in [0.2, 0.25) is 0 Å². The van der Waals surface area contributed by atoms with Crippen molar-refractivity contribution in [2.24, 2.45) is 23.7 Å². The number of carbonyl (C=O) groups is 3. The Morgan fingerprint density at radius 3 is 1.73 bits per heavy atom. The Hall–Kier alpha value is -5.07. The van der Waals surface area contributed by atoms with E-state index in [4.69, 9.17) is 18.9 Å². The molecular weight excluding hydrogens is 598 g/mol. The Balaban J connectivity index is 1.51. The van der Waals surface area contributed by atoms with Crippen molar-refractivity contribution >= 4 is 17.9 Å². The van der Waals surface area contributed by atoms with Crippen molar-refractivity contribution in [3.05, 3.63) is 108 Å². The molecule has 0 aromatic heterocycles. The lowest BCUT2D eigenvalue weighted by Crippen LogP contribution is -2.24. The minimum atomic E-state index is -5.16. The lowest BCUT2D eigenvalue weighted by molar-refractivity contribution is -0.153. The van der Waals surface area contributed by atoms with E-state index in [2.05, 4.69) is 6.58 Å². The molecule has 0 amide bonds. The number of fused-ring (bicyclic) bond motifs is 2. The number of hydrogen-bond acceptors (Lipinski definition) is 7. The summed E-state index contributed by atoms with van der Waals surface area (Å²) in [5.74, 6) is -6.95. The Labute approximate surface area is 244 Å². The fourth-order valence-corrected chi connectivity index (χ4v) is 5.36. The smallest absolute Gasteiger partial charge is 0.416 e. The van der Waals surface area contributed by atoms with Crippen molar-refractivity contribution < 1.29 is 59.7 Å². The molecule has 226 valence electrons. The third kappa shape index (κ3) is 5.07. The summed E-state index contributed by atoms with van der Waals surface area (Å²) in [6, 6.07) is 4.84. The second kappa shape index (κ2) is 10.3. The van der Waals surface area contributed by atoms with Gasteiger partial charge in [0, 0.05) is 0 Å². The average Bonchev–Trinajstić information content (AvgIpc) is 3.42. The average molecular weight is 616 g/mol. The molecule has 0 bridgehead atoms. The summed E-state index contributed by atoms with van der Waals surface area (Å²) in [5.41, 5.74) is -4.13. The molecule has 0 N–H and O–H groups in total. The highest BCUT2D eigenvalue weighted by molar-refractivity contribution is 5.99. The molecule has 7 nitrogen and oxygen atoms in total. The number of rotatable bonds is 5. The largest absolute Gasteiger partial charge is 0.460 e. The number of allylic oxidation sites excluding steroid dienone is 5. The molecule has 0 saturated carbocycles. The van der Waals surface area contributed by atoms with E-state index in [-0.39, 0.29) is 40.4 Å². The van der Waals surface area contributed by atoms with Crippen LogP contribution in [-0.2, 0) is 36.2 Å². The Morgan fingerprint density at radius 1 is 0.682 bits per heavy atom. The number of esters is 3. The van der Waals surface area contributed by atoms with E-state index in [0.29, 0.717) is 12.1 Å². The van der Waals surface area contributed by atoms with Crippen LogP contribution in [0.25, 0.3) is 11.1 Å². The quantitative estimate of drug-likeness (QED) is 0.211. The van der Waals surface area contributed by atoms with Crippen LogP contribution in [0.3, 0.4) is 0 Å². The number of cyclic esters (lactones) is 3. The SMILES string of the molecule is C=C1OC(=O)C2C(Oc3cccc(OC4=CC=CC5C(=O)OC(=O)C45)c3-c3cc(C(F)(F)F)cc(C(F)(F)F)c3)=CC=CC12. The van der Waals surface area contributed by atoms with Gasteiger partial charge in [-0.05, 0) is 48.0 Å². The zero-order valence-electron chi connectivity index (χ0n) is 22.1. The summed E-state index contributed by atoms with van der Waals surface area (Å²) in [5, 5.41) is 0. The lowest BCUT2D eigenvalue weighted by atomic mass is 9.88. The molecule has 0 spiro atoms. The highest BCUT2D eigenvalue weighted by atomic mass is 19.4. The van der Waals surface area contributed by atoms with Crippen LogP contribution in [0.4, 0.5) is 26.3 Å². The van der Waals surface area contributed by atoms with Gasteiger partial charge in [0.25, 0.3) is 0 Å². The van der Waals surface area contributed by atoms with Crippen LogP contribution in [0, 0.1) is 23.7 Å². The first-order valence-corrected chi connectivity index (χ1v) is 12.9.